The molecule has 1 aliphatic rings. The van der Waals surface area contributed by atoms with Gasteiger partial charge in [0.15, 0.2) is 0 Å². The molecule has 1 saturated heterocycles. The monoisotopic (exact) mass is 419 g/mol. The minimum Gasteiger partial charge on any atom is -0.401 e. The van der Waals surface area contributed by atoms with Crippen LogP contribution in [0.1, 0.15) is 11.3 Å². The fourth-order valence-corrected chi connectivity index (χ4v) is 3.19. The van der Waals surface area contributed by atoms with Gasteiger partial charge in [-0.2, -0.15) is 0 Å². The number of piperazine rings is 1. The molecule has 26 heavy (non-hydrogen) atoms. The zero-order valence-electron chi connectivity index (χ0n) is 14.0. The van der Waals surface area contributed by atoms with E-state index in [1.54, 1.807) is 4.90 Å². The van der Waals surface area contributed by atoms with E-state index in [-0.39, 0.29) is 17.6 Å². The molecule has 7 nitrogen and oxygen atoms in total. The predicted octanol–water partition coefficient (Wildman–Crippen LogP) is 3.31. The maximum Gasteiger partial charge on any atom is 0.433 e. The molecule has 0 bridgehead atoms. The standard InChI is InChI=1S/C18H18BrN3O4/c19-16-4-2-1-3-14(16)13-20-9-11-21(12-10-20)17(23)7-5-15-6-8-18(26-15)22(24)25/h1-8H,9-13H2/b7-5+. The summed E-state index contributed by atoms with van der Waals surface area (Å²) in [5.74, 6) is -0.167. The summed E-state index contributed by atoms with van der Waals surface area (Å²) in [7, 11) is 0. The zero-order chi connectivity index (χ0) is 18.5. The summed E-state index contributed by atoms with van der Waals surface area (Å²) in [6, 6.07) is 10.9. The van der Waals surface area contributed by atoms with Gasteiger partial charge in [0.05, 0.1) is 6.07 Å². The van der Waals surface area contributed by atoms with E-state index in [0.717, 1.165) is 24.1 Å². The first-order valence-corrected chi connectivity index (χ1v) is 8.99. The summed E-state index contributed by atoms with van der Waals surface area (Å²) in [5, 5.41) is 10.6. The van der Waals surface area contributed by atoms with Gasteiger partial charge in [0, 0.05) is 43.3 Å². The molecule has 3 rings (SSSR count). The molecule has 0 N–H and O–H groups in total. The fraction of sp³-hybridized carbons (Fsp3) is 0.278. The van der Waals surface area contributed by atoms with Gasteiger partial charge in [0.25, 0.3) is 0 Å². The molecule has 136 valence electrons. The van der Waals surface area contributed by atoms with Crippen molar-refractivity contribution in [2.75, 3.05) is 26.2 Å². The summed E-state index contributed by atoms with van der Waals surface area (Å²) in [6.45, 7) is 3.73. The molecule has 1 fully saturated rings. The van der Waals surface area contributed by atoms with E-state index in [0.29, 0.717) is 13.1 Å². The number of nitro groups is 1. The second kappa shape index (κ2) is 8.29. The van der Waals surface area contributed by atoms with Crippen LogP contribution in [0.5, 0.6) is 0 Å². The molecule has 1 aromatic heterocycles. The Balaban J connectivity index is 1.51. The van der Waals surface area contributed by atoms with Crippen LogP contribution in [0.4, 0.5) is 5.88 Å². The van der Waals surface area contributed by atoms with Crippen LogP contribution in [-0.4, -0.2) is 46.8 Å². The SMILES string of the molecule is O=C(/C=C/c1ccc([N+](=O)[O-])o1)N1CCN(Cc2ccccc2Br)CC1. The molecule has 2 aromatic rings. The maximum atomic E-state index is 12.3. The van der Waals surface area contributed by atoms with E-state index >= 15 is 0 Å². The van der Waals surface area contributed by atoms with E-state index in [9.17, 15) is 14.9 Å². The number of hydrogen-bond acceptors (Lipinski definition) is 5. The third-order valence-corrected chi connectivity index (χ3v) is 4.99. The van der Waals surface area contributed by atoms with Gasteiger partial charge < -0.3 is 9.32 Å². The Bertz CT molecular complexity index is 825. The van der Waals surface area contributed by atoms with Crippen LogP contribution in [0, 0.1) is 10.1 Å². The van der Waals surface area contributed by atoms with Crippen molar-refractivity contribution in [1.29, 1.82) is 0 Å². The highest BCUT2D eigenvalue weighted by molar-refractivity contribution is 9.10. The van der Waals surface area contributed by atoms with Crippen molar-refractivity contribution < 1.29 is 14.1 Å². The largest absolute Gasteiger partial charge is 0.433 e. The lowest BCUT2D eigenvalue weighted by Crippen LogP contribution is -2.47. The van der Waals surface area contributed by atoms with Crippen LogP contribution in [0.15, 0.2) is 51.4 Å². The minimum absolute atomic E-state index is 0.121. The molecular weight excluding hydrogens is 402 g/mol. The Morgan fingerprint density at radius 2 is 1.92 bits per heavy atom. The zero-order valence-corrected chi connectivity index (χ0v) is 15.6. The number of furan rings is 1. The number of benzene rings is 1. The van der Waals surface area contributed by atoms with Crippen molar-refractivity contribution in [3.05, 3.63) is 68.4 Å². The molecule has 0 saturated carbocycles. The van der Waals surface area contributed by atoms with Crippen LogP contribution in [0.3, 0.4) is 0 Å². The van der Waals surface area contributed by atoms with Gasteiger partial charge in [0.2, 0.25) is 5.91 Å². The smallest absolute Gasteiger partial charge is 0.401 e. The average Bonchev–Trinajstić information content (AvgIpc) is 3.12. The van der Waals surface area contributed by atoms with Crippen molar-refractivity contribution in [3.8, 4) is 0 Å². The molecule has 1 aromatic carbocycles. The number of halogens is 1. The van der Waals surface area contributed by atoms with Crippen molar-refractivity contribution in [3.63, 3.8) is 0 Å². The second-order valence-corrected chi connectivity index (χ2v) is 6.81. The first-order chi connectivity index (χ1) is 12.5. The van der Waals surface area contributed by atoms with Crippen molar-refractivity contribution in [2.24, 2.45) is 0 Å². The molecule has 1 amide bonds. The molecule has 0 atom stereocenters. The van der Waals surface area contributed by atoms with Crippen molar-refractivity contribution in [2.45, 2.75) is 6.54 Å². The molecule has 0 unspecified atom stereocenters. The topological polar surface area (TPSA) is 79.8 Å². The van der Waals surface area contributed by atoms with E-state index in [4.69, 9.17) is 4.42 Å². The van der Waals surface area contributed by atoms with Crippen LogP contribution in [0.25, 0.3) is 6.08 Å². The molecule has 0 radical (unpaired) electrons. The van der Waals surface area contributed by atoms with Gasteiger partial charge in [-0.1, -0.05) is 34.1 Å². The van der Waals surface area contributed by atoms with E-state index in [1.165, 1.54) is 29.8 Å². The Kier molecular flexibility index (Phi) is 5.85. The van der Waals surface area contributed by atoms with Gasteiger partial charge in [-0.15, -0.1) is 0 Å². The van der Waals surface area contributed by atoms with Gasteiger partial charge in [-0.3, -0.25) is 19.8 Å². The lowest BCUT2D eigenvalue weighted by atomic mass is 10.2. The molecule has 0 aliphatic carbocycles. The third-order valence-electron chi connectivity index (χ3n) is 4.22. The highest BCUT2D eigenvalue weighted by atomic mass is 79.9. The van der Waals surface area contributed by atoms with E-state index < -0.39 is 4.92 Å². The van der Waals surface area contributed by atoms with Gasteiger partial charge in [-0.05, 0) is 23.8 Å². The minimum atomic E-state index is -0.608. The molecule has 2 heterocycles. The average molecular weight is 420 g/mol. The second-order valence-electron chi connectivity index (χ2n) is 5.96. The summed E-state index contributed by atoms with van der Waals surface area (Å²) in [6.07, 6.45) is 2.86. The molecule has 8 heteroatoms. The molecule has 0 spiro atoms. The fourth-order valence-electron chi connectivity index (χ4n) is 2.78. The number of carbonyl (C=O) groups excluding carboxylic acids is 1. The summed E-state index contributed by atoms with van der Waals surface area (Å²) >= 11 is 3.56. The van der Waals surface area contributed by atoms with E-state index in [2.05, 4.69) is 26.9 Å². The number of amides is 1. The number of hydrogen-bond donors (Lipinski definition) is 0. The highest BCUT2D eigenvalue weighted by Gasteiger charge is 2.20. The molecule has 1 aliphatic heterocycles. The normalized spacial score (nSPS) is 15.5. The summed E-state index contributed by atoms with van der Waals surface area (Å²) < 4.78 is 6.10. The predicted molar refractivity (Wildman–Crippen MR) is 100 cm³/mol. The number of carbonyl (C=O) groups is 1. The van der Waals surface area contributed by atoms with Gasteiger partial charge in [-0.25, -0.2) is 0 Å². The lowest BCUT2D eigenvalue weighted by molar-refractivity contribution is -0.402. The Labute approximate surface area is 159 Å². The number of nitrogens with zero attached hydrogens (tertiary/aromatic N) is 3. The first-order valence-electron chi connectivity index (χ1n) is 8.20. The van der Waals surface area contributed by atoms with E-state index in [1.807, 2.05) is 18.2 Å². The van der Waals surface area contributed by atoms with Gasteiger partial charge >= 0.3 is 5.88 Å². The molecular formula is C18H18BrN3O4. The van der Waals surface area contributed by atoms with Crippen LogP contribution in [0.2, 0.25) is 0 Å². The van der Waals surface area contributed by atoms with Crippen molar-refractivity contribution >= 4 is 33.8 Å². The van der Waals surface area contributed by atoms with Crippen LogP contribution in [-0.2, 0) is 11.3 Å². The van der Waals surface area contributed by atoms with Crippen LogP contribution < -0.4 is 0 Å². The number of rotatable bonds is 5. The highest BCUT2D eigenvalue weighted by Crippen LogP contribution is 2.19. The third kappa shape index (κ3) is 4.59. The van der Waals surface area contributed by atoms with Crippen LogP contribution >= 0.6 is 15.9 Å². The first kappa shape index (κ1) is 18.3. The summed E-state index contributed by atoms with van der Waals surface area (Å²) in [5.41, 5.74) is 1.23. The van der Waals surface area contributed by atoms with Gasteiger partial charge in [0.1, 0.15) is 10.7 Å². The maximum absolute atomic E-state index is 12.3. The summed E-state index contributed by atoms with van der Waals surface area (Å²) in [4.78, 5) is 26.3. The lowest BCUT2D eigenvalue weighted by Gasteiger charge is -2.34. The Hall–Kier alpha value is -2.45. The Morgan fingerprint density at radius 3 is 2.58 bits per heavy atom. The quantitative estimate of drug-likeness (QED) is 0.421. The van der Waals surface area contributed by atoms with Crippen molar-refractivity contribution in [1.82, 2.24) is 9.80 Å². The Morgan fingerprint density at radius 1 is 1.19 bits per heavy atom.